The summed E-state index contributed by atoms with van der Waals surface area (Å²) in [4.78, 5) is 14.6. The predicted molar refractivity (Wildman–Crippen MR) is 78.1 cm³/mol. The van der Waals surface area contributed by atoms with Crippen LogP contribution in [0.1, 0.15) is 5.82 Å². The normalized spacial score (nSPS) is 12.0. The minimum Gasteiger partial charge on any atom is -0.358 e. The van der Waals surface area contributed by atoms with Crippen molar-refractivity contribution in [3.63, 3.8) is 0 Å². The van der Waals surface area contributed by atoms with Gasteiger partial charge in [0.25, 0.3) is 0 Å². The topological polar surface area (TPSA) is 72.2 Å². The van der Waals surface area contributed by atoms with Gasteiger partial charge in [-0.1, -0.05) is 12.1 Å². The van der Waals surface area contributed by atoms with E-state index in [-0.39, 0.29) is 11.2 Å². The van der Waals surface area contributed by atoms with Crippen molar-refractivity contribution in [1.82, 2.24) is 24.9 Å². The van der Waals surface area contributed by atoms with Gasteiger partial charge in [0.1, 0.15) is 5.03 Å². The van der Waals surface area contributed by atoms with Gasteiger partial charge in [0.05, 0.1) is 11.0 Å². The van der Waals surface area contributed by atoms with Crippen molar-refractivity contribution in [2.45, 2.75) is 11.2 Å². The molecule has 0 aliphatic carbocycles. The highest BCUT2D eigenvalue weighted by atomic mass is 32.2. The van der Waals surface area contributed by atoms with E-state index in [1.165, 1.54) is 17.8 Å². The highest BCUT2D eigenvalue weighted by Gasteiger charge is 2.38. The zero-order valence-electron chi connectivity index (χ0n) is 11.5. The number of nitrogens with one attached hydrogen (secondary N) is 1. The Kier molecular flexibility index (Phi) is 4.07. The first-order valence-corrected chi connectivity index (χ1v) is 7.52. The minimum atomic E-state index is -4.62. The van der Waals surface area contributed by atoms with Gasteiger partial charge in [0.15, 0.2) is 5.65 Å². The van der Waals surface area contributed by atoms with Crippen LogP contribution in [-0.4, -0.2) is 38.3 Å². The second kappa shape index (κ2) is 6.03. The number of carbonyl (C=O) groups excluding carboxylic acids is 1. The largest absolute Gasteiger partial charge is 0.452 e. The smallest absolute Gasteiger partial charge is 0.358 e. The van der Waals surface area contributed by atoms with Crippen LogP contribution in [0, 0.1) is 0 Å². The first-order valence-electron chi connectivity index (χ1n) is 6.53. The fourth-order valence-electron chi connectivity index (χ4n) is 2.10. The van der Waals surface area contributed by atoms with E-state index in [0.717, 1.165) is 4.40 Å². The second-order valence-corrected chi connectivity index (χ2v) is 5.59. The Morgan fingerprint density at radius 3 is 2.78 bits per heavy atom. The van der Waals surface area contributed by atoms with E-state index in [2.05, 4.69) is 20.5 Å². The van der Waals surface area contributed by atoms with Gasteiger partial charge < -0.3 is 5.32 Å². The average Bonchev–Trinajstić information content (AvgIpc) is 2.97. The van der Waals surface area contributed by atoms with Crippen molar-refractivity contribution in [3.8, 4) is 0 Å². The van der Waals surface area contributed by atoms with E-state index < -0.39 is 12.0 Å². The number of amides is 1. The molecule has 0 saturated heterocycles. The van der Waals surface area contributed by atoms with Crippen molar-refractivity contribution in [3.05, 3.63) is 30.1 Å². The standard InChI is InChI=1S/C13H10F3N5OS/c14-13(15,16)12-20-19-10-11(23-6-5-17-7-22)18-8-3-1-2-4-9(8)21(10)12/h1-4,7H,5-6H2,(H,17,22). The molecule has 0 bridgehead atoms. The molecule has 2 heterocycles. The van der Waals surface area contributed by atoms with Gasteiger partial charge in [-0.3, -0.25) is 9.20 Å². The van der Waals surface area contributed by atoms with Crippen LogP contribution >= 0.6 is 11.8 Å². The van der Waals surface area contributed by atoms with Gasteiger partial charge in [-0.15, -0.1) is 22.0 Å². The Balaban J connectivity index is 2.16. The molecule has 1 amide bonds. The summed E-state index contributed by atoms with van der Waals surface area (Å²) in [5.74, 6) is -0.632. The number of para-hydroxylation sites is 2. The van der Waals surface area contributed by atoms with E-state index in [9.17, 15) is 18.0 Å². The number of carbonyl (C=O) groups is 1. The molecule has 1 N–H and O–H groups in total. The quantitative estimate of drug-likeness (QED) is 0.437. The van der Waals surface area contributed by atoms with E-state index in [1.807, 2.05) is 0 Å². The molecule has 0 saturated carbocycles. The monoisotopic (exact) mass is 341 g/mol. The van der Waals surface area contributed by atoms with Crippen molar-refractivity contribution >= 4 is 34.9 Å². The third-order valence-electron chi connectivity index (χ3n) is 3.02. The summed E-state index contributed by atoms with van der Waals surface area (Å²) in [5.41, 5.74) is 0.749. The zero-order chi connectivity index (χ0) is 16.4. The first-order chi connectivity index (χ1) is 11.0. The van der Waals surface area contributed by atoms with Crippen LogP contribution in [0.15, 0.2) is 29.3 Å². The summed E-state index contributed by atoms with van der Waals surface area (Å²) in [5, 5.41) is 9.75. The molecule has 120 valence electrons. The third kappa shape index (κ3) is 2.93. The molecular weight excluding hydrogens is 331 g/mol. The molecule has 3 aromatic rings. The van der Waals surface area contributed by atoms with Crippen LogP contribution in [0.4, 0.5) is 13.2 Å². The molecule has 0 spiro atoms. The molecule has 1 aromatic carbocycles. The maximum Gasteiger partial charge on any atom is 0.452 e. The van der Waals surface area contributed by atoms with Crippen molar-refractivity contribution in [2.24, 2.45) is 0 Å². The number of thioether (sulfide) groups is 1. The SMILES string of the molecule is O=CNCCSc1nc2ccccc2n2c(C(F)(F)F)nnc12. The van der Waals surface area contributed by atoms with Gasteiger partial charge in [-0.25, -0.2) is 4.98 Å². The van der Waals surface area contributed by atoms with Gasteiger partial charge in [0.2, 0.25) is 12.2 Å². The fraction of sp³-hybridized carbons (Fsp3) is 0.231. The number of nitrogens with zero attached hydrogens (tertiary/aromatic N) is 4. The van der Waals surface area contributed by atoms with Gasteiger partial charge >= 0.3 is 6.18 Å². The summed E-state index contributed by atoms with van der Waals surface area (Å²) in [6.07, 6.45) is -4.06. The Labute approximate surface area is 132 Å². The lowest BCUT2D eigenvalue weighted by Gasteiger charge is -2.09. The van der Waals surface area contributed by atoms with E-state index >= 15 is 0 Å². The number of hydrogen-bond donors (Lipinski definition) is 1. The maximum atomic E-state index is 13.2. The molecule has 10 heteroatoms. The molecule has 23 heavy (non-hydrogen) atoms. The summed E-state index contributed by atoms with van der Waals surface area (Å²) in [6, 6.07) is 6.49. The molecule has 2 aromatic heterocycles. The Morgan fingerprint density at radius 2 is 2.04 bits per heavy atom. The molecular formula is C13H10F3N5OS. The molecule has 0 unspecified atom stereocenters. The number of rotatable bonds is 5. The van der Waals surface area contributed by atoms with Crippen LogP contribution in [0.3, 0.4) is 0 Å². The highest BCUT2D eigenvalue weighted by molar-refractivity contribution is 7.99. The highest BCUT2D eigenvalue weighted by Crippen LogP contribution is 2.32. The molecule has 6 nitrogen and oxygen atoms in total. The Bertz CT molecular complexity index is 864. The van der Waals surface area contributed by atoms with E-state index in [4.69, 9.17) is 0 Å². The summed E-state index contributed by atoms with van der Waals surface area (Å²) in [7, 11) is 0. The number of hydrogen-bond acceptors (Lipinski definition) is 5. The lowest BCUT2D eigenvalue weighted by molar-refractivity contribution is -0.145. The van der Waals surface area contributed by atoms with Gasteiger partial charge in [0, 0.05) is 12.3 Å². The number of fused-ring (bicyclic) bond motifs is 3. The fourth-order valence-corrected chi connectivity index (χ4v) is 2.94. The molecule has 0 aliphatic rings. The summed E-state index contributed by atoms with van der Waals surface area (Å²) >= 11 is 1.21. The summed E-state index contributed by atoms with van der Waals surface area (Å²) in [6.45, 7) is 0.370. The first kappa shape index (κ1) is 15.5. The van der Waals surface area contributed by atoms with Crippen molar-refractivity contribution in [1.29, 1.82) is 0 Å². The molecule has 0 atom stereocenters. The minimum absolute atomic E-state index is 0.0483. The van der Waals surface area contributed by atoms with Crippen LogP contribution in [0.5, 0.6) is 0 Å². The van der Waals surface area contributed by atoms with E-state index in [1.54, 1.807) is 18.2 Å². The van der Waals surface area contributed by atoms with Crippen LogP contribution in [-0.2, 0) is 11.0 Å². The predicted octanol–water partition coefficient (Wildman–Crippen LogP) is 2.13. The Hall–Kier alpha value is -2.36. The molecule has 0 aliphatic heterocycles. The Morgan fingerprint density at radius 1 is 1.26 bits per heavy atom. The van der Waals surface area contributed by atoms with Crippen molar-refractivity contribution < 1.29 is 18.0 Å². The molecule has 0 radical (unpaired) electrons. The average molecular weight is 341 g/mol. The van der Waals surface area contributed by atoms with E-state index in [0.29, 0.717) is 29.3 Å². The number of benzene rings is 1. The lowest BCUT2D eigenvalue weighted by Crippen LogP contribution is -2.14. The number of alkyl halides is 3. The molecule has 0 fully saturated rings. The van der Waals surface area contributed by atoms with Crippen LogP contribution < -0.4 is 5.32 Å². The number of halogens is 3. The maximum absolute atomic E-state index is 13.2. The zero-order valence-corrected chi connectivity index (χ0v) is 12.4. The number of aromatic nitrogens is 4. The molecule has 3 rings (SSSR count). The third-order valence-corrected chi connectivity index (χ3v) is 3.98. The van der Waals surface area contributed by atoms with Crippen LogP contribution in [0.25, 0.3) is 16.7 Å². The second-order valence-electron chi connectivity index (χ2n) is 4.51. The van der Waals surface area contributed by atoms with Gasteiger partial charge in [-0.05, 0) is 12.1 Å². The summed E-state index contributed by atoms with van der Waals surface area (Å²) < 4.78 is 40.5. The van der Waals surface area contributed by atoms with Crippen molar-refractivity contribution in [2.75, 3.05) is 12.3 Å². The lowest BCUT2D eigenvalue weighted by atomic mass is 10.3. The van der Waals surface area contributed by atoms with Crippen LogP contribution in [0.2, 0.25) is 0 Å². The van der Waals surface area contributed by atoms with Gasteiger partial charge in [-0.2, -0.15) is 13.2 Å².